The number of hydrogen-bond acceptors (Lipinski definition) is 5. The molecule has 31 heavy (non-hydrogen) atoms. The quantitative estimate of drug-likeness (QED) is 0.549. The number of amides is 4. The fraction of sp³-hybridized carbons (Fsp3) is 0.304. The highest BCUT2D eigenvalue weighted by molar-refractivity contribution is 6.09. The standard InChI is InChI=1S/C23H25N3O5/c1-14-10-11-18(15(2)12-14)24-20(28)16(3)31-19(27)13-26-21(29)23(4,25-22(26)30)17-8-6-5-7-9-17/h5-12,16H,13H2,1-4H3,(H,24,28)(H,25,30)/t16-,23-/m0/s1. The lowest BCUT2D eigenvalue weighted by molar-refractivity contribution is -0.155. The summed E-state index contributed by atoms with van der Waals surface area (Å²) in [6, 6.07) is 13.6. The molecule has 0 aromatic heterocycles. The first-order valence-electron chi connectivity index (χ1n) is 9.89. The van der Waals surface area contributed by atoms with Gasteiger partial charge < -0.3 is 15.4 Å². The Balaban J connectivity index is 1.61. The van der Waals surface area contributed by atoms with Gasteiger partial charge in [-0.15, -0.1) is 0 Å². The van der Waals surface area contributed by atoms with Crippen molar-refractivity contribution in [1.29, 1.82) is 0 Å². The summed E-state index contributed by atoms with van der Waals surface area (Å²) < 4.78 is 5.16. The van der Waals surface area contributed by atoms with Gasteiger partial charge in [0.2, 0.25) is 0 Å². The number of carbonyl (C=O) groups is 4. The minimum Gasteiger partial charge on any atom is -0.451 e. The van der Waals surface area contributed by atoms with Crippen LogP contribution in [0.1, 0.15) is 30.5 Å². The molecular formula is C23H25N3O5. The first kappa shape index (κ1) is 22.0. The molecule has 1 aliphatic heterocycles. The van der Waals surface area contributed by atoms with Crippen LogP contribution in [0.3, 0.4) is 0 Å². The third-order valence-corrected chi connectivity index (χ3v) is 5.23. The number of hydrogen-bond donors (Lipinski definition) is 2. The lowest BCUT2D eigenvalue weighted by Crippen LogP contribution is -2.42. The smallest absolute Gasteiger partial charge is 0.327 e. The van der Waals surface area contributed by atoms with Crippen molar-refractivity contribution < 1.29 is 23.9 Å². The molecule has 1 saturated heterocycles. The van der Waals surface area contributed by atoms with E-state index < -0.39 is 42.0 Å². The van der Waals surface area contributed by atoms with Crippen molar-refractivity contribution in [3.63, 3.8) is 0 Å². The number of rotatable bonds is 6. The molecule has 2 atom stereocenters. The van der Waals surface area contributed by atoms with Crippen LogP contribution in [0.15, 0.2) is 48.5 Å². The highest BCUT2D eigenvalue weighted by Crippen LogP contribution is 2.28. The van der Waals surface area contributed by atoms with Crippen LogP contribution >= 0.6 is 0 Å². The molecule has 2 aromatic carbocycles. The zero-order chi connectivity index (χ0) is 22.8. The van der Waals surface area contributed by atoms with E-state index in [1.165, 1.54) is 6.92 Å². The van der Waals surface area contributed by atoms with E-state index in [1.807, 2.05) is 26.0 Å². The van der Waals surface area contributed by atoms with Gasteiger partial charge in [0.1, 0.15) is 12.1 Å². The molecule has 1 heterocycles. The molecule has 3 rings (SSSR count). The molecule has 0 aliphatic carbocycles. The third-order valence-electron chi connectivity index (χ3n) is 5.23. The van der Waals surface area contributed by atoms with E-state index in [0.717, 1.165) is 16.0 Å². The first-order chi connectivity index (χ1) is 14.6. The number of nitrogens with one attached hydrogen (secondary N) is 2. The number of esters is 1. The van der Waals surface area contributed by atoms with E-state index in [0.29, 0.717) is 11.3 Å². The number of benzene rings is 2. The molecule has 1 aliphatic rings. The van der Waals surface area contributed by atoms with Crippen LogP contribution < -0.4 is 10.6 Å². The van der Waals surface area contributed by atoms with Crippen LogP contribution in [0.5, 0.6) is 0 Å². The second-order valence-electron chi connectivity index (χ2n) is 7.75. The minimum atomic E-state index is -1.27. The normalized spacial score (nSPS) is 19.0. The Morgan fingerprint density at radius 1 is 1.13 bits per heavy atom. The molecular weight excluding hydrogens is 398 g/mol. The van der Waals surface area contributed by atoms with Crippen LogP contribution in [-0.4, -0.2) is 41.4 Å². The van der Waals surface area contributed by atoms with E-state index in [9.17, 15) is 19.2 Å². The fourth-order valence-electron chi connectivity index (χ4n) is 3.41. The number of aryl methyl sites for hydroxylation is 2. The maximum atomic E-state index is 12.9. The number of ether oxygens (including phenoxy) is 1. The summed E-state index contributed by atoms with van der Waals surface area (Å²) in [5.74, 6) is -1.93. The second kappa shape index (κ2) is 8.59. The Morgan fingerprint density at radius 2 is 1.81 bits per heavy atom. The number of imide groups is 1. The molecule has 4 amide bonds. The van der Waals surface area contributed by atoms with Crippen LogP contribution in [-0.2, 0) is 24.7 Å². The first-order valence-corrected chi connectivity index (χ1v) is 9.89. The molecule has 8 heteroatoms. The molecule has 0 radical (unpaired) electrons. The summed E-state index contributed by atoms with van der Waals surface area (Å²) in [6.07, 6.45) is -1.10. The van der Waals surface area contributed by atoms with Gasteiger partial charge in [-0.2, -0.15) is 0 Å². The Bertz CT molecular complexity index is 1040. The molecule has 0 bridgehead atoms. The topological polar surface area (TPSA) is 105 Å². The Kier molecular flexibility index (Phi) is 6.10. The highest BCUT2D eigenvalue weighted by atomic mass is 16.5. The fourth-order valence-corrected chi connectivity index (χ4v) is 3.41. The number of carbonyl (C=O) groups excluding carboxylic acids is 4. The largest absolute Gasteiger partial charge is 0.451 e. The molecule has 162 valence electrons. The maximum Gasteiger partial charge on any atom is 0.327 e. The van der Waals surface area contributed by atoms with Crippen molar-refractivity contribution in [2.75, 3.05) is 11.9 Å². The van der Waals surface area contributed by atoms with Gasteiger partial charge in [-0.3, -0.25) is 19.3 Å². The summed E-state index contributed by atoms with van der Waals surface area (Å²) >= 11 is 0. The summed E-state index contributed by atoms with van der Waals surface area (Å²) in [6.45, 7) is 6.22. The van der Waals surface area contributed by atoms with E-state index in [4.69, 9.17) is 4.74 Å². The molecule has 2 N–H and O–H groups in total. The van der Waals surface area contributed by atoms with Crippen molar-refractivity contribution in [3.8, 4) is 0 Å². The van der Waals surface area contributed by atoms with Crippen LogP contribution in [0.25, 0.3) is 0 Å². The van der Waals surface area contributed by atoms with E-state index >= 15 is 0 Å². The minimum absolute atomic E-state index is 0.508. The van der Waals surface area contributed by atoms with Gasteiger partial charge in [0.25, 0.3) is 11.8 Å². The zero-order valence-electron chi connectivity index (χ0n) is 17.9. The van der Waals surface area contributed by atoms with Crippen molar-refractivity contribution in [3.05, 3.63) is 65.2 Å². The van der Waals surface area contributed by atoms with Crippen molar-refractivity contribution in [1.82, 2.24) is 10.2 Å². The molecule has 2 aromatic rings. The average molecular weight is 423 g/mol. The Morgan fingerprint density at radius 3 is 2.45 bits per heavy atom. The van der Waals surface area contributed by atoms with Crippen molar-refractivity contribution >= 4 is 29.5 Å². The number of urea groups is 1. The molecule has 0 saturated carbocycles. The lowest BCUT2D eigenvalue weighted by Gasteiger charge is -2.22. The van der Waals surface area contributed by atoms with Gasteiger partial charge in [0.15, 0.2) is 6.10 Å². The monoisotopic (exact) mass is 423 g/mol. The average Bonchev–Trinajstić information content (AvgIpc) is 2.94. The van der Waals surface area contributed by atoms with Crippen LogP contribution in [0, 0.1) is 13.8 Å². The number of anilines is 1. The van der Waals surface area contributed by atoms with Gasteiger partial charge in [0, 0.05) is 5.69 Å². The summed E-state index contributed by atoms with van der Waals surface area (Å²) in [4.78, 5) is 50.7. The van der Waals surface area contributed by atoms with Gasteiger partial charge in [-0.05, 0) is 44.9 Å². The molecule has 0 unspecified atom stereocenters. The molecule has 8 nitrogen and oxygen atoms in total. The summed E-state index contributed by atoms with van der Waals surface area (Å²) in [7, 11) is 0. The Hall–Kier alpha value is -3.68. The summed E-state index contributed by atoms with van der Waals surface area (Å²) in [5, 5.41) is 5.33. The summed E-state index contributed by atoms with van der Waals surface area (Å²) in [5.41, 5.74) is 1.89. The second-order valence-corrected chi connectivity index (χ2v) is 7.75. The Labute approximate surface area is 180 Å². The van der Waals surface area contributed by atoms with Crippen LogP contribution in [0.4, 0.5) is 10.5 Å². The molecule has 0 spiro atoms. The predicted molar refractivity (Wildman–Crippen MR) is 114 cm³/mol. The molecule has 1 fully saturated rings. The highest BCUT2D eigenvalue weighted by Gasteiger charge is 2.49. The van der Waals surface area contributed by atoms with Gasteiger partial charge >= 0.3 is 12.0 Å². The van der Waals surface area contributed by atoms with Crippen molar-refractivity contribution in [2.45, 2.75) is 39.3 Å². The lowest BCUT2D eigenvalue weighted by atomic mass is 9.92. The maximum absolute atomic E-state index is 12.9. The zero-order valence-corrected chi connectivity index (χ0v) is 17.9. The van der Waals surface area contributed by atoms with Crippen LogP contribution in [0.2, 0.25) is 0 Å². The van der Waals surface area contributed by atoms with Crippen molar-refractivity contribution in [2.24, 2.45) is 0 Å². The SMILES string of the molecule is Cc1ccc(NC(=O)[C@H](C)OC(=O)CN2C(=O)N[C@@](C)(c3ccccc3)C2=O)c(C)c1. The van der Waals surface area contributed by atoms with E-state index in [1.54, 1.807) is 43.3 Å². The predicted octanol–water partition coefficient (Wildman–Crippen LogP) is 2.64. The van der Waals surface area contributed by atoms with E-state index in [-0.39, 0.29) is 0 Å². The van der Waals surface area contributed by atoms with Gasteiger partial charge in [-0.1, -0.05) is 48.0 Å². The third kappa shape index (κ3) is 4.58. The van der Waals surface area contributed by atoms with Gasteiger partial charge in [-0.25, -0.2) is 4.79 Å². The van der Waals surface area contributed by atoms with E-state index in [2.05, 4.69) is 10.6 Å². The number of nitrogens with zero attached hydrogens (tertiary/aromatic N) is 1. The van der Waals surface area contributed by atoms with Gasteiger partial charge in [0.05, 0.1) is 0 Å².